The predicted octanol–water partition coefficient (Wildman–Crippen LogP) is 0.670. The fraction of sp³-hybridized carbons (Fsp3) is 0.786. The van der Waals surface area contributed by atoms with E-state index in [4.69, 9.17) is 9.84 Å². The number of amides is 1. The van der Waals surface area contributed by atoms with E-state index < -0.39 is 39.3 Å². The molecule has 1 aliphatic carbocycles. The van der Waals surface area contributed by atoms with Crippen LogP contribution in [-0.2, 0) is 19.6 Å². The molecule has 0 aromatic rings. The Kier molecular flexibility index (Phi) is 6.34. The number of rotatable bonds is 8. The Morgan fingerprint density at radius 1 is 1.38 bits per heavy atom. The molecule has 24 heavy (non-hydrogen) atoms. The normalized spacial score (nSPS) is 18.2. The van der Waals surface area contributed by atoms with Gasteiger partial charge < -0.3 is 20.3 Å². The van der Waals surface area contributed by atoms with Crippen LogP contribution in [0.5, 0.6) is 0 Å². The zero-order chi connectivity index (χ0) is 18.6. The molecule has 0 bridgehead atoms. The molecule has 0 aromatic heterocycles. The van der Waals surface area contributed by atoms with Gasteiger partial charge in [0.05, 0.1) is 11.4 Å². The second kappa shape index (κ2) is 7.47. The first kappa shape index (κ1) is 20.4. The Morgan fingerprint density at radius 3 is 2.42 bits per heavy atom. The van der Waals surface area contributed by atoms with Crippen molar-refractivity contribution in [2.24, 2.45) is 4.40 Å². The van der Waals surface area contributed by atoms with E-state index in [0.29, 0.717) is 12.8 Å². The molecular formula is C14H24N2O7S. The maximum Gasteiger partial charge on any atom is 0.408 e. The first-order valence-electron chi connectivity index (χ1n) is 7.53. The number of sulfonamides is 1. The highest BCUT2D eigenvalue weighted by atomic mass is 32.2. The first-order valence-corrected chi connectivity index (χ1v) is 9.14. The molecule has 1 fully saturated rings. The second-order valence-electron chi connectivity index (χ2n) is 6.82. The van der Waals surface area contributed by atoms with E-state index in [0.717, 1.165) is 6.21 Å². The number of carboxylic acids is 1. The molecular weight excluding hydrogens is 340 g/mol. The van der Waals surface area contributed by atoms with Gasteiger partial charge in [-0.05, 0) is 40.0 Å². The summed E-state index contributed by atoms with van der Waals surface area (Å²) in [6.45, 7) is 4.89. The maximum atomic E-state index is 11.7. The van der Waals surface area contributed by atoms with Crippen LogP contribution in [0, 0.1) is 0 Å². The zero-order valence-corrected chi connectivity index (χ0v) is 14.8. The second-order valence-corrected chi connectivity index (χ2v) is 8.60. The number of carbonyl (C=O) groups excluding carboxylic acids is 1. The average Bonchev–Trinajstić information content (AvgIpc) is 3.12. The standard InChI is InChI=1S/C14H24N2O7S/c1-13(2,3)23-12(19)16-10(11(17)18)4-8-15-24(21,22)9-7-14(20)5-6-14/h8,10,20H,4-7,9H2,1-3H3,(H,16,19)(H,17,18)/t10-/m0/s1. The number of alkyl carbamates (subject to hydrolysis) is 1. The van der Waals surface area contributed by atoms with Gasteiger partial charge in [0.2, 0.25) is 0 Å². The van der Waals surface area contributed by atoms with E-state index in [1.807, 2.05) is 0 Å². The van der Waals surface area contributed by atoms with Gasteiger partial charge in [-0.25, -0.2) is 18.0 Å². The maximum absolute atomic E-state index is 11.7. The van der Waals surface area contributed by atoms with E-state index in [1.54, 1.807) is 20.8 Å². The molecule has 3 N–H and O–H groups in total. The number of hydrogen-bond acceptors (Lipinski definition) is 6. The molecule has 0 heterocycles. The number of hydrogen-bond donors (Lipinski definition) is 3. The van der Waals surface area contributed by atoms with Crippen LogP contribution in [0.4, 0.5) is 4.79 Å². The lowest BCUT2D eigenvalue weighted by Gasteiger charge is -2.21. The molecule has 1 saturated carbocycles. The highest BCUT2D eigenvalue weighted by Gasteiger charge is 2.40. The molecule has 0 radical (unpaired) electrons. The van der Waals surface area contributed by atoms with Crippen LogP contribution in [0.2, 0.25) is 0 Å². The number of nitrogens with one attached hydrogen (secondary N) is 1. The van der Waals surface area contributed by atoms with Crippen LogP contribution in [0.1, 0.15) is 46.5 Å². The largest absolute Gasteiger partial charge is 0.480 e. The molecule has 0 unspecified atom stereocenters. The summed E-state index contributed by atoms with van der Waals surface area (Å²) in [5, 5.41) is 20.8. The van der Waals surface area contributed by atoms with Crippen molar-refractivity contribution in [3.8, 4) is 0 Å². The minimum Gasteiger partial charge on any atom is -0.480 e. The third-order valence-electron chi connectivity index (χ3n) is 3.22. The van der Waals surface area contributed by atoms with Gasteiger partial charge in [-0.3, -0.25) is 0 Å². The van der Waals surface area contributed by atoms with Crippen LogP contribution < -0.4 is 5.32 Å². The molecule has 1 atom stereocenters. The fourth-order valence-corrected chi connectivity index (χ4v) is 2.76. The summed E-state index contributed by atoms with van der Waals surface area (Å²) in [5.41, 5.74) is -1.68. The van der Waals surface area contributed by atoms with Gasteiger partial charge in [0.15, 0.2) is 0 Å². The number of aliphatic hydroxyl groups is 1. The molecule has 0 saturated heterocycles. The van der Waals surface area contributed by atoms with Crippen molar-refractivity contribution < 1.29 is 33.0 Å². The highest BCUT2D eigenvalue weighted by Crippen LogP contribution is 2.38. The Hall–Kier alpha value is -1.68. The van der Waals surface area contributed by atoms with Gasteiger partial charge in [-0.2, -0.15) is 4.40 Å². The van der Waals surface area contributed by atoms with Gasteiger partial charge in [0.1, 0.15) is 11.6 Å². The molecule has 0 spiro atoms. The van der Waals surface area contributed by atoms with Gasteiger partial charge in [-0.15, -0.1) is 0 Å². The third-order valence-corrected chi connectivity index (χ3v) is 4.41. The van der Waals surface area contributed by atoms with Gasteiger partial charge in [0.25, 0.3) is 10.0 Å². The monoisotopic (exact) mass is 364 g/mol. The summed E-state index contributed by atoms with van der Waals surface area (Å²) in [7, 11) is -3.78. The lowest BCUT2D eigenvalue weighted by molar-refractivity contribution is -0.139. The molecule has 10 heteroatoms. The number of ether oxygens (including phenoxy) is 1. The van der Waals surface area contributed by atoms with Gasteiger partial charge >= 0.3 is 12.1 Å². The lowest BCUT2D eigenvalue weighted by atomic mass is 10.2. The van der Waals surface area contributed by atoms with Crippen molar-refractivity contribution >= 4 is 28.3 Å². The zero-order valence-electron chi connectivity index (χ0n) is 14.0. The average molecular weight is 364 g/mol. The van der Waals surface area contributed by atoms with Crippen molar-refractivity contribution in [1.82, 2.24) is 5.32 Å². The van der Waals surface area contributed by atoms with E-state index >= 15 is 0 Å². The minimum absolute atomic E-state index is 0.102. The first-order chi connectivity index (χ1) is 10.8. The number of aliphatic carboxylic acids is 1. The molecule has 1 aliphatic rings. The summed E-state index contributed by atoms with van der Waals surface area (Å²) in [6, 6.07) is -1.36. The van der Waals surface area contributed by atoms with Crippen LogP contribution in [0.15, 0.2) is 4.40 Å². The Balaban J connectivity index is 2.52. The van der Waals surface area contributed by atoms with Crippen molar-refractivity contribution in [2.45, 2.75) is 63.7 Å². The minimum atomic E-state index is -3.78. The molecule has 1 amide bonds. The van der Waals surface area contributed by atoms with Crippen LogP contribution in [-0.4, -0.2) is 59.9 Å². The third kappa shape index (κ3) is 8.25. The number of carbonyl (C=O) groups is 2. The summed E-state index contributed by atoms with van der Waals surface area (Å²) in [4.78, 5) is 22.7. The molecule has 138 valence electrons. The van der Waals surface area contributed by atoms with Crippen molar-refractivity contribution in [3.05, 3.63) is 0 Å². The van der Waals surface area contributed by atoms with E-state index in [-0.39, 0.29) is 18.6 Å². The SMILES string of the molecule is CC(C)(C)OC(=O)N[C@@H](CC=NS(=O)(=O)CCC1(O)CC1)C(=O)O. The summed E-state index contributed by atoms with van der Waals surface area (Å²) < 4.78 is 31.7. The van der Waals surface area contributed by atoms with Crippen molar-refractivity contribution in [2.75, 3.05) is 5.75 Å². The van der Waals surface area contributed by atoms with E-state index in [2.05, 4.69) is 9.71 Å². The van der Waals surface area contributed by atoms with Crippen LogP contribution in [0.25, 0.3) is 0 Å². The van der Waals surface area contributed by atoms with Crippen molar-refractivity contribution in [3.63, 3.8) is 0 Å². The Bertz CT molecular complexity index is 603. The van der Waals surface area contributed by atoms with Crippen LogP contribution in [0.3, 0.4) is 0 Å². The summed E-state index contributed by atoms with van der Waals surface area (Å²) >= 11 is 0. The molecule has 9 nitrogen and oxygen atoms in total. The van der Waals surface area contributed by atoms with Gasteiger partial charge in [0, 0.05) is 12.6 Å². The topological polar surface area (TPSA) is 142 Å². The highest BCUT2D eigenvalue weighted by molar-refractivity contribution is 7.90. The summed E-state index contributed by atoms with van der Waals surface area (Å²) in [6.07, 6.45) is 0.966. The predicted molar refractivity (Wildman–Crippen MR) is 86.5 cm³/mol. The van der Waals surface area contributed by atoms with Crippen LogP contribution >= 0.6 is 0 Å². The van der Waals surface area contributed by atoms with E-state index in [1.165, 1.54) is 0 Å². The quantitative estimate of drug-likeness (QED) is 0.537. The Labute approximate surface area is 141 Å². The fourth-order valence-electron chi connectivity index (χ4n) is 1.70. The number of nitrogens with zero attached hydrogens (tertiary/aromatic N) is 1. The van der Waals surface area contributed by atoms with Gasteiger partial charge in [-0.1, -0.05) is 0 Å². The van der Waals surface area contributed by atoms with E-state index in [9.17, 15) is 23.1 Å². The smallest absolute Gasteiger partial charge is 0.408 e. The summed E-state index contributed by atoms with van der Waals surface area (Å²) in [5.74, 6) is -1.64. The lowest BCUT2D eigenvalue weighted by Crippen LogP contribution is -2.43. The molecule has 1 rings (SSSR count). The molecule has 0 aliphatic heterocycles. The Morgan fingerprint density at radius 2 is 1.96 bits per heavy atom. The molecule has 0 aromatic carbocycles. The van der Waals surface area contributed by atoms with Crippen molar-refractivity contribution in [1.29, 1.82) is 0 Å². The number of carboxylic acid groups (broad SMARTS) is 1.